The van der Waals surface area contributed by atoms with Gasteiger partial charge in [0.2, 0.25) is 0 Å². The zero-order chi connectivity index (χ0) is 12.1. The van der Waals surface area contributed by atoms with Gasteiger partial charge in [0.15, 0.2) is 11.5 Å². The van der Waals surface area contributed by atoms with Gasteiger partial charge in [-0.25, -0.2) is 0 Å². The molecule has 0 saturated heterocycles. The first-order valence-electron chi connectivity index (χ1n) is 5.44. The third-order valence-corrected chi connectivity index (χ3v) is 2.18. The van der Waals surface area contributed by atoms with Crippen LogP contribution in [0, 0.1) is 0 Å². The number of rotatable bonds is 5. The minimum Gasteiger partial charge on any atom is -0.490 e. The Hall–Kier alpha value is -2.17. The lowest BCUT2D eigenvalue weighted by atomic mass is 10.3. The highest BCUT2D eigenvalue weighted by Crippen LogP contribution is 2.27. The van der Waals surface area contributed by atoms with Gasteiger partial charge in [0.1, 0.15) is 12.4 Å². The second kappa shape index (κ2) is 5.25. The molecule has 0 fully saturated rings. The van der Waals surface area contributed by atoms with E-state index in [0.29, 0.717) is 24.8 Å². The van der Waals surface area contributed by atoms with Crippen LogP contribution in [0.15, 0.2) is 30.3 Å². The van der Waals surface area contributed by atoms with Crippen molar-refractivity contribution in [2.75, 3.05) is 12.3 Å². The fraction of sp³-hybridized carbons (Fsp3) is 0.250. The molecule has 0 aliphatic carbocycles. The molecular weight excluding hydrogens is 218 g/mol. The Morgan fingerprint density at radius 2 is 1.94 bits per heavy atom. The van der Waals surface area contributed by atoms with Crippen molar-refractivity contribution >= 4 is 5.82 Å². The first kappa shape index (κ1) is 11.3. The van der Waals surface area contributed by atoms with Gasteiger partial charge >= 0.3 is 0 Å². The monoisotopic (exact) mass is 233 g/mol. The molecule has 0 unspecified atom stereocenters. The van der Waals surface area contributed by atoms with E-state index < -0.39 is 0 Å². The summed E-state index contributed by atoms with van der Waals surface area (Å²) in [6.45, 7) is 2.93. The maximum absolute atomic E-state index is 5.64. The Labute approximate surface area is 99.5 Å². The van der Waals surface area contributed by atoms with Crippen LogP contribution in [-0.4, -0.2) is 16.8 Å². The first-order valence-corrected chi connectivity index (χ1v) is 5.44. The van der Waals surface area contributed by atoms with Crippen molar-refractivity contribution in [3.63, 3.8) is 0 Å². The number of aromatic amines is 1. The summed E-state index contributed by atoms with van der Waals surface area (Å²) in [4.78, 5) is 0. The highest BCUT2D eigenvalue weighted by atomic mass is 16.5. The van der Waals surface area contributed by atoms with Crippen LogP contribution >= 0.6 is 0 Å². The Bertz CT molecular complexity index is 482. The fourth-order valence-electron chi connectivity index (χ4n) is 1.45. The number of hydrogen-bond donors (Lipinski definition) is 2. The second-order valence-corrected chi connectivity index (χ2v) is 3.49. The van der Waals surface area contributed by atoms with Gasteiger partial charge in [-0.2, -0.15) is 5.10 Å². The molecule has 0 aliphatic rings. The number of aromatic nitrogens is 2. The van der Waals surface area contributed by atoms with Crippen LogP contribution in [0.5, 0.6) is 11.5 Å². The van der Waals surface area contributed by atoms with Crippen molar-refractivity contribution in [1.29, 1.82) is 0 Å². The van der Waals surface area contributed by atoms with E-state index in [1.165, 1.54) is 0 Å². The third kappa shape index (κ3) is 2.90. The van der Waals surface area contributed by atoms with Crippen LogP contribution < -0.4 is 15.2 Å². The van der Waals surface area contributed by atoms with E-state index in [1.54, 1.807) is 6.07 Å². The topological polar surface area (TPSA) is 73.2 Å². The number of benzene rings is 1. The summed E-state index contributed by atoms with van der Waals surface area (Å²) < 4.78 is 11.1. The summed E-state index contributed by atoms with van der Waals surface area (Å²) in [6.07, 6.45) is 0. The molecular formula is C12H15N3O2. The largest absolute Gasteiger partial charge is 0.490 e. The SMILES string of the molecule is CCOc1ccccc1OCc1cc(N)n[nH]1. The summed E-state index contributed by atoms with van der Waals surface area (Å²) in [7, 11) is 0. The summed E-state index contributed by atoms with van der Waals surface area (Å²) in [5.41, 5.74) is 6.33. The second-order valence-electron chi connectivity index (χ2n) is 3.49. The summed E-state index contributed by atoms with van der Waals surface area (Å²) in [5, 5.41) is 6.62. The zero-order valence-corrected chi connectivity index (χ0v) is 9.64. The van der Waals surface area contributed by atoms with Crippen LogP contribution in [0.3, 0.4) is 0 Å². The molecule has 0 atom stereocenters. The number of H-pyrrole nitrogens is 1. The molecule has 0 bridgehead atoms. The van der Waals surface area contributed by atoms with E-state index in [-0.39, 0.29) is 0 Å². The number of nitrogens with two attached hydrogens (primary N) is 1. The highest BCUT2D eigenvalue weighted by molar-refractivity contribution is 5.39. The molecule has 3 N–H and O–H groups in total. The highest BCUT2D eigenvalue weighted by Gasteiger charge is 2.04. The van der Waals surface area contributed by atoms with Crippen molar-refractivity contribution in [3.8, 4) is 11.5 Å². The molecule has 0 amide bonds. The first-order chi connectivity index (χ1) is 8.29. The summed E-state index contributed by atoms with van der Waals surface area (Å²) in [6, 6.07) is 9.29. The van der Waals surface area contributed by atoms with Crippen molar-refractivity contribution in [3.05, 3.63) is 36.0 Å². The van der Waals surface area contributed by atoms with E-state index in [1.807, 2.05) is 31.2 Å². The predicted molar refractivity (Wildman–Crippen MR) is 64.9 cm³/mol. The number of anilines is 1. The van der Waals surface area contributed by atoms with E-state index in [0.717, 1.165) is 11.4 Å². The number of nitrogens with one attached hydrogen (secondary N) is 1. The minimum absolute atomic E-state index is 0.383. The normalized spacial score (nSPS) is 10.2. The molecule has 2 rings (SSSR count). The van der Waals surface area contributed by atoms with E-state index >= 15 is 0 Å². The quantitative estimate of drug-likeness (QED) is 0.828. The Kier molecular flexibility index (Phi) is 3.49. The van der Waals surface area contributed by atoms with Gasteiger partial charge in [0.05, 0.1) is 12.3 Å². The lowest BCUT2D eigenvalue weighted by molar-refractivity contribution is 0.266. The number of para-hydroxylation sites is 2. The Morgan fingerprint density at radius 1 is 1.24 bits per heavy atom. The summed E-state index contributed by atoms with van der Waals surface area (Å²) in [5.74, 6) is 1.91. The average Bonchev–Trinajstić information content (AvgIpc) is 2.74. The molecule has 90 valence electrons. The van der Waals surface area contributed by atoms with E-state index in [4.69, 9.17) is 15.2 Å². The number of hydrogen-bond acceptors (Lipinski definition) is 4. The molecule has 0 spiro atoms. The van der Waals surface area contributed by atoms with Gasteiger partial charge in [-0.05, 0) is 19.1 Å². The number of nitrogens with zero attached hydrogens (tertiary/aromatic N) is 1. The Balaban J connectivity index is 2.03. The standard InChI is InChI=1S/C12H15N3O2/c1-2-16-10-5-3-4-6-11(10)17-8-9-7-12(13)15-14-9/h3-7H,2,8H2,1H3,(H3,13,14,15). The van der Waals surface area contributed by atoms with Crippen LogP contribution in [0.25, 0.3) is 0 Å². The molecule has 5 nitrogen and oxygen atoms in total. The smallest absolute Gasteiger partial charge is 0.161 e. The average molecular weight is 233 g/mol. The van der Waals surface area contributed by atoms with Gasteiger partial charge in [0.25, 0.3) is 0 Å². The molecule has 1 aromatic heterocycles. The van der Waals surface area contributed by atoms with Gasteiger partial charge in [-0.1, -0.05) is 12.1 Å². The van der Waals surface area contributed by atoms with Gasteiger partial charge in [0, 0.05) is 6.07 Å². The van der Waals surface area contributed by atoms with Crippen LogP contribution in [0.2, 0.25) is 0 Å². The number of ether oxygens (including phenoxy) is 2. The molecule has 0 aliphatic heterocycles. The van der Waals surface area contributed by atoms with Crippen molar-refractivity contribution in [2.24, 2.45) is 0 Å². The van der Waals surface area contributed by atoms with Crippen molar-refractivity contribution in [2.45, 2.75) is 13.5 Å². The molecule has 0 radical (unpaired) electrons. The van der Waals surface area contributed by atoms with E-state index in [9.17, 15) is 0 Å². The fourth-order valence-corrected chi connectivity index (χ4v) is 1.45. The van der Waals surface area contributed by atoms with Gasteiger partial charge in [-0.15, -0.1) is 0 Å². The minimum atomic E-state index is 0.383. The van der Waals surface area contributed by atoms with Crippen LogP contribution in [0.1, 0.15) is 12.6 Å². The van der Waals surface area contributed by atoms with E-state index in [2.05, 4.69) is 10.2 Å². The zero-order valence-electron chi connectivity index (χ0n) is 9.64. The predicted octanol–water partition coefficient (Wildman–Crippen LogP) is 1.97. The molecule has 1 aromatic carbocycles. The molecule has 5 heteroatoms. The molecule has 2 aromatic rings. The molecule has 1 heterocycles. The number of nitrogen functional groups attached to an aromatic ring is 1. The van der Waals surface area contributed by atoms with Crippen molar-refractivity contribution in [1.82, 2.24) is 10.2 Å². The van der Waals surface area contributed by atoms with Gasteiger partial charge in [-0.3, -0.25) is 5.10 Å². The lowest BCUT2D eigenvalue weighted by Crippen LogP contribution is -1.99. The van der Waals surface area contributed by atoms with Crippen LogP contribution in [-0.2, 0) is 6.61 Å². The third-order valence-electron chi connectivity index (χ3n) is 2.18. The lowest BCUT2D eigenvalue weighted by Gasteiger charge is -2.10. The van der Waals surface area contributed by atoms with Gasteiger partial charge < -0.3 is 15.2 Å². The Morgan fingerprint density at radius 3 is 2.53 bits per heavy atom. The molecule has 0 saturated carbocycles. The summed E-state index contributed by atoms with van der Waals surface area (Å²) >= 11 is 0. The van der Waals surface area contributed by atoms with Crippen LogP contribution in [0.4, 0.5) is 5.82 Å². The van der Waals surface area contributed by atoms with Crippen molar-refractivity contribution < 1.29 is 9.47 Å². The maximum atomic E-state index is 5.64. The molecule has 17 heavy (non-hydrogen) atoms. The maximum Gasteiger partial charge on any atom is 0.161 e.